The number of aromatic nitrogens is 6. The summed E-state index contributed by atoms with van der Waals surface area (Å²) in [6.07, 6.45) is 6.36. The van der Waals surface area contributed by atoms with Crippen LogP contribution in [0.2, 0.25) is 0 Å². The van der Waals surface area contributed by atoms with E-state index >= 15 is 0 Å². The van der Waals surface area contributed by atoms with Crippen LogP contribution in [0, 0.1) is 6.92 Å². The molecule has 4 heterocycles. The first-order valence-electron chi connectivity index (χ1n) is 10.7. The van der Waals surface area contributed by atoms with E-state index in [-0.39, 0.29) is 18.2 Å². The van der Waals surface area contributed by atoms with Crippen molar-refractivity contribution in [3.05, 3.63) is 24.5 Å². The summed E-state index contributed by atoms with van der Waals surface area (Å²) >= 11 is 0. The van der Waals surface area contributed by atoms with Gasteiger partial charge in [0.25, 0.3) is 0 Å². The van der Waals surface area contributed by atoms with Gasteiger partial charge in [0, 0.05) is 38.1 Å². The molecule has 1 aliphatic rings. The van der Waals surface area contributed by atoms with Crippen LogP contribution in [0.25, 0.3) is 22.6 Å². The fourth-order valence-corrected chi connectivity index (χ4v) is 3.64. The standard InChI is InChI=1S/C21H28N8O2/c1-5-13(3)31-21(30)28-8-7-16(11-28)26-18-17-20(25-12-24-18)29(6-2)19(27-17)15-9-22-14(4)23-10-15/h9-10,12-13,16H,5-8,11H2,1-4H3,(H,24,25,26). The molecule has 1 fully saturated rings. The molecule has 31 heavy (non-hydrogen) atoms. The maximum atomic E-state index is 12.3. The second-order valence-electron chi connectivity index (χ2n) is 7.77. The van der Waals surface area contributed by atoms with E-state index in [9.17, 15) is 4.79 Å². The highest BCUT2D eigenvalue weighted by Crippen LogP contribution is 2.27. The van der Waals surface area contributed by atoms with Gasteiger partial charge in [0.1, 0.15) is 24.1 Å². The number of rotatable bonds is 6. The van der Waals surface area contributed by atoms with Crippen molar-refractivity contribution < 1.29 is 9.53 Å². The van der Waals surface area contributed by atoms with Crippen LogP contribution in [0.15, 0.2) is 18.7 Å². The summed E-state index contributed by atoms with van der Waals surface area (Å²) in [5.74, 6) is 2.13. The molecule has 4 rings (SSSR count). The number of amides is 1. The van der Waals surface area contributed by atoms with Crippen molar-refractivity contribution in [3.8, 4) is 11.4 Å². The molecule has 0 aromatic carbocycles. The number of anilines is 1. The van der Waals surface area contributed by atoms with Crippen LogP contribution < -0.4 is 5.32 Å². The molecular formula is C21H28N8O2. The zero-order valence-electron chi connectivity index (χ0n) is 18.4. The number of nitrogens with zero attached hydrogens (tertiary/aromatic N) is 7. The number of hydrogen-bond acceptors (Lipinski definition) is 8. The van der Waals surface area contributed by atoms with Crippen molar-refractivity contribution >= 4 is 23.1 Å². The predicted molar refractivity (Wildman–Crippen MR) is 117 cm³/mol. The lowest BCUT2D eigenvalue weighted by Crippen LogP contribution is -2.33. The third kappa shape index (κ3) is 4.28. The van der Waals surface area contributed by atoms with E-state index in [4.69, 9.17) is 9.72 Å². The van der Waals surface area contributed by atoms with Crippen molar-refractivity contribution in [2.45, 2.75) is 59.2 Å². The third-order valence-corrected chi connectivity index (χ3v) is 5.55. The van der Waals surface area contributed by atoms with Crippen LogP contribution in [-0.2, 0) is 11.3 Å². The number of hydrogen-bond donors (Lipinski definition) is 1. The first-order chi connectivity index (χ1) is 15.0. The molecule has 10 nitrogen and oxygen atoms in total. The van der Waals surface area contributed by atoms with E-state index in [0.717, 1.165) is 29.9 Å². The Morgan fingerprint density at radius 2 is 2.03 bits per heavy atom. The Morgan fingerprint density at radius 3 is 2.74 bits per heavy atom. The summed E-state index contributed by atoms with van der Waals surface area (Å²) in [7, 11) is 0. The Labute approximate surface area is 181 Å². The molecule has 3 aromatic rings. The molecule has 164 valence electrons. The second-order valence-corrected chi connectivity index (χ2v) is 7.77. The molecule has 2 atom stereocenters. The Morgan fingerprint density at radius 1 is 1.26 bits per heavy atom. The Kier molecular flexibility index (Phi) is 5.97. The van der Waals surface area contributed by atoms with Gasteiger partial charge < -0.3 is 19.5 Å². The van der Waals surface area contributed by atoms with Gasteiger partial charge in [0.05, 0.1) is 5.56 Å². The Bertz CT molecular complexity index is 1070. The van der Waals surface area contributed by atoms with E-state index < -0.39 is 0 Å². The van der Waals surface area contributed by atoms with Crippen LogP contribution >= 0.6 is 0 Å². The van der Waals surface area contributed by atoms with Crippen LogP contribution in [0.5, 0.6) is 0 Å². The number of imidazole rings is 1. The van der Waals surface area contributed by atoms with E-state index in [0.29, 0.717) is 36.8 Å². The van der Waals surface area contributed by atoms with E-state index in [1.165, 1.54) is 6.33 Å². The zero-order valence-corrected chi connectivity index (χ0v) is 18.4. The Balaban J connectivity index is 1.56. The molecule has 0 bridgehead atoms. The highest BCUT2D eigenvalue weighted by molar-refractivity contribution is 5.86. The first-order valence-corrected chi connectivity index (χ1v) is 10.7. The van der Waals surface area contributed by atoms with Gasteiger partial charge in [0.2, 0.25) is 0 Å². The smallest absolute Gasteiger partial charge is 0.410 e. The lowest BCUT2D eigenvalue weighted by molar-refractivity contribution is 0.0746. The van der Waals surface area contributed by atoms with Crippen molar-refractivity contribution in [1.29, 1.82) is 0 Å². The van der Waals surface area contributed by atoms with Crippen LogP contribution in [0.3, 0.4) is 0 Å². The first kappa shape index (κ1) is 21.0. The SMILES string of the molecule is CCC(C)OC(=O)N1CCC(Nc2ncnc3c2nc(-c2cnc(C)nc2)n3CC)C1. The molecule has 0 aliphatic carbocycles. The monoisotopic (exact) mass is 424 g/mol. The minimum absolute atomic E-state index is 0.0699. The highest BCUT2D eigenvalue weighted by Gasteiger charge is 2.29. The molecule has 2 unspecified atom stereocenters. The normalized spacial score (nSPS) is 17.2. The number of likely N-dealkylation sites (tertiary alicyclic amines) is 1. The lowest BCUT2D eigenvalue weighted by atomic mass is 10.2. The minimum Gasteiger partial charge on any atom is -0.446 e. The van der Waals surface area contributed by atoms with Gasteiger partial charge in [-0.3, -0.25) is 0 Å². The molecule has 1 aliphatic heterocycles. The number of carbonyl (C=O) groups excluding carboxylic acids is 1. The quantitative estimate of drug-likeness (QED) is 0.643. The van der Waals surface area contributed by atoms with E-state index in [2.05, 4.69) is 25.3 Å². The largest absolute Gasteiger partial charge is 0.446 e. The minimum atomic E-state index is -0.261. The number of carbonyl (C=O) groups is 1. The second kappa shape index (κ2) is 8.83. The van der Waals surface area contributed by atoms with Gasteiger partial charge >= 0.3 is 6.09 Å². The van der Waals surface area contributed by atoms with E-state index in [1.807, 2.05) is 32.3 Å². The molecular weight excluding hydrogens is 396 g/mol. The van der Waals surface area contributed by atoms with E-state index in [1.54, 1.807) is 17.3 Å². The summed E-state index contributed by atoms with van der Waals surface area (Å²) in [5.41, 5.74) is 2.28. The summed E-state index contributed by atoms with van der Waals surface area (Å²) in [6, 6.07) is 0.0699. The average Bonchev–Trinajstić information content (AvgIpc) is 3.39. The molecule has 1 amide bonds. The summed E-state index contributed by atoms with van der Waals surface area (Å²) in [4.78, 5) is 36.4. The molecule has 1 N–H and O–H groups in total. The molecule has 0 radical (unpaired) electrons. The number of ether oxygens (including phenoxy) is 1. The number of aryl methyl sites for hydroxylation is 2. The van der Waals surface area contributed by atoms with Crippen LogP contribution in [0.4, 0.5) is 10.6 Å². The summed E-state index contributed by atoms with van der Waals surface area (Å²) in [5, 5.41) is 3.45. The predicted octanol–water partition coefficient (Wildman–Crippen LogP) is 3.03. The number of nitrogens with one attached hydrogen (secondary N) is 1. The number of fused-ring (bicyclic) bond motifs is 1. The molecule has 3 aromatic heterocycles. The lowest BCUT2D eigenvalue weighted by Gasteiger charge is -2.19. The summed E-state index contributed by atoms with van der Waals surface area (Å²) < 4.78 is 7.48. The van der Waals surface area contributed by atoms with Gasteiger partial charge in [-0.2, -0.15) is 0 Å². The molecule has 0 saturated carbocycles. The van der Waals surface area contributed by atoms with Gasteiger partial charge in [-0.25, -0.2) is 29.7 Å². The van der Waals surface area contributed by atoms with Gasteiger partial charge in [-0.1, -0.05) is 6.92 Å². The fourth-order valence-electron chi connectivity index (χ4n) is 3.64. The van der Waals surface area contributed by atoms with Crippen LogP contribution in [-0.4, -0.2) is 65.7 Å². The maximum Gasteiger partial charge on any atom is 0.410 e. The van der Waals surface area contributed by atoms with Gasteiger partial charge in [0.15, 0.2) is 17.0 Å². The third-order valence-electron chi connectivity index (χ3n) is 5.55. The zero-order chi connectivity index (χ0) is 22.0. The van der Waals surface area contributed by atoms with Gasteiger partial charge in [-0.05, 0) is 33.6 Å². The van der Waals surface area contributed by atoms with Crippen LogP contribution in [0.1, 0.15) is 39.4 Å². The molecule has 0 spiro atoms. The van der Waals surface area contributed by atoms with Crippen molar-refractivity contribution in [2.24, 2.45) is 0 Å². The summed E-state index contributed by atoms with van der Waals surface area (Å²) in [6.45, 7) is 9.72. The molecule has 1 saturated heterocycles. The fraction of sp³-hybridized carbons (Fsp3) is 0.524. The highest BCUT2D eigenvalue weighted by atomic mass is 16.6. The van der Waals surface area contributed by atoms with Gasteiger partial charge in [-0.15, -0.1) is 0 Å². The maximum absolute atomic E-state index is 12.3. The van der Waals surface area contributed by atoms with Crippen molar-refractivity contribution in [1.82, 2.24) is 34.4 Å². The average molecular weight is 425 g/mol. The Hall–Kier alpha value is -3.30. The topological polar surface area (TPSA) is 111 Å². The molecule has 10 heteroatoms. The van der Waals surface area contributed by atoms with Crippen molar-refractivity contribution in [2.75, 3.05) is 18.4 Å². The van der Waals surface area contributed by atoms with Crippen molar-refractivity contribution in [3.63, 3.8) is 0 Å².